The molecule has 1 heterocycles. The third-order valence-corrected chi connectivity index (χ3v) is 4.59. The topological polar surface area (TPSA) is 15.3 Å². The molecule has 0 spiro atoms. The molecule has 0 amide bonds. The van der Waals surface area contributed by atoms with Crippen LogP contribution in [0.15, 0.2) is 53.0 Å². The molecule has 1 N–H and O–H groups in total. The van der Waals surface area contributed by atoms with Gasteiger partial charge in [-0.1, -0.05) is 40.2 Å². The molecule has 0 bridgehead atoms. The fourth-order valence-electron chi connectivity index (χ4n) is 2.85. The molecule has 2 nitrogen and oxygen atoms in total. The summed E-state index contributed by atoms with van der Waals surface area (Å²) in [6.45, 7) is 2.28. The van der Waals surface area contributed by atoms with E-state index in [0.29, 0.717) is 12.1 Å². The molecule has 2 atom stereocenters. The Hall–Kier alpha value is -1.48. The molecule has 2 aromatic carbocycles. The molecule has 0 aliphatic carbocycles. The molecule has 2 aromatic rings. The van der Waals surface area contributed by atoms with Gasteiger partial charge in [0.2, 0.25) is 0 Å². The van der Waals surface area contributed by atoms with Gasteiger partial charge in [-0.2, -0.15) is 0 Å². The number of benzene rings is 2. The van der Waals surface area contributed by atoms with E-state index in [2.05, 4.69) is 82.6 Å². The van der Waals surface area contributed by atoms with Crippen molar-refractivity contribution in [3.05, 3.63) is 58.6 Å². The predicted molar refractivity (Wildman–Crippen MR) is 89.4 cm³/mol. The zero-order valence-electron chi connectivity index (χ0n) is 11.8. The van der Waals surface area contributed by atoms with Gasteiger partial charge in [0, 0.05) is 28.9 Å². The average molecular weight is 331 g/mol. The van der Waals surface area contributed by atoms with Crippen molar-refractivity contribution in [3.63, 3.8) is 0 Å². The van der Waals surface area contributed by atoms with E-state index < -0.39 is 0 Å². The summed E-state index contributed by atoms with van der Waals surface area (Å²) in [5.74, 6) is 0. The van der Waals surface area contributed by atoms with E-state index in [1.54, 1.807) is 0 Å². The molecule has 0 fully saturated rings. The molecule has 1 aliphatic heterocycles. The minimum Gasteiger partial charge on any atom is -0.378 e. The SMILES string of the molecule is CC1CC(Nc2ccccc2)c2ccc(Br)cc2N1C. The molecule has 2 unspecified atom stereocenters. The second-order valence-electron chi connectivity index (χ2n) is 5.46. The molecule has 3 heteroatoms. The lowest BCUT2D eigenvalue weighted by Crippen LogP contribution is -2.37. The highest BCUT2D eigenvalue weighted by atomic mass is 79.9. The highest BCUT2D eigenvalue weighted by Crippen LogP contribution is 2.39. The van der Waals surface area contributed by atoms with Crippen LogP contribution in [0.3, 0.4) is 0 Å². The zero-order chi connectivity index (χ0) is 14.1. The minimum atomic E-state index is 0.367. The summed E-state index contributed by atoms with van der Waals surface area (Å²) in [4.78, 5) is 2.36. The third-order valence-electron chi connectivity index (χ3n) is 4.10. The Morgan fingerprint density at radius 2 is 1.90 bits per heavy atom. The molecular formula is C17H19BrN2. The van der Waals surface area contributed by atoms with Gasteiger partial charge in [-0.3, -0.25) is 0 Å². The third kappa shape index (κ3) is 2.55. The van der Waals surface area contributed by atoms with E-state index in [0.717, 1.165) is 10.9 Å². The van der Waals surface area contributed by atoms with E-state index in [1.807, 2.05) is 6.07 Å². The highest BCUT2D eigenvalue weighted by Gasteiger charge is 2.28. The summed E-state index contributed by atoms with van der Waals surface area (Å²) in [6, 6.07) is 17.9. The van der Waals surface area contributed by atoms with Crippen LogP contribution >= 0.6 is 15.9 Å². The Bertz CT molecular complexity index is 597. The van der Waals surface area contributed by atoms with Crippen LogP contribution in [0.4, 0.5) is 11.4 Å². The molecule has 0 saturated heterocycles. The van der Waals surface area contributed by atoms with Crippen molar-refractivity contribution in [2.24, 2.45) is 0 Å². The summed E-state index contributed by atoms with van der Waals surface area (Å²) in [5.41, 5.74) is 3.87. The van der Waals surface area contributed by atoms with Crippen LogP contribution in [0.1, 0.15) is 24.9 Å². The molecule has 20 heavy (non-hydrogen) atoms. The van der Waals surface area contributed by atoms with Gasteiger partial charge in [0.25, 0.3) is 0 Å². The van der Waals surface area contributed by atoms with E-state index in [-0.39, 0.29) is 0 Å². The zero-order valence-corrected chi connectivity index (χ0v) is 13.4. The van der Waals surface area contributed by atoms with Gasteiger partial charge in [-0.15, -0.1) is 0 Å². The standard InChI is InChI=1S/C17H19BrN2/c1-12-10-16(19-14-6-4-3-5-7-14)15-9-8-13(18)11-17(15)20(12)2/h3-9,11-12,16,19H,10H2,1-2H3. The molecule has 104 valence electrons. The van der Waals surface area contributed by atoms with Crippen LogP contribution in [0.2, 0.25) is 0 Å². The Morgan fingerprint density at radius 3 is 2.65 bits per heavy atom. The minimum absolute atomic E-state index is 0.367. The van der Waals surface area contributed by atoms with Crippen LogP contribution in [-0.2, 0) is 0 Å². The number of nitrogens with zero attached hydrogens (tertiary/aromatic N) is 1. The van der Waals surface area contributed by atoms with Crippen molar-refractivity contribution >= 4 is 27.3 Å². The van der Waals surface area contributed by atoms with Gasteiger partial charge in [0.15, 0.2) is 0 Å². The molecular weight excluding hydrogens is 312 g/mol. The normalized spacial score (nSPS) is 21.4. The summed E-state index contributed by atoms with van der Waals surface area (Å²) in [7, 11) is 2.18. The van der Waals surface area contributed by atoms with Crippen molar-refractivity contribution < 1.29 is 0 Å². The largest absolute Gasteiger partial charge is 0.378 e. The lowest BCUT2D eigenvalue weighted by Gasteiger charge is -2.39. The molecule has 3 rings (SSSR count). The maximum absolute atomic E-state index is 3.67. The highest BCUT2D eigenvalue weighted by molar-refractivity contribution is 9.10. The van der Waals surface area contributed by atoms with Gasteiger partial charge < -0.3 is 10.2 Å². The quantitative estimate of drug-likeness (QED) is 0.848. The van der Waals surface area contributed by atoms with Gasteiger partial charge in [0.1, 0.15) is 0 Å². The Labute approximate surface area is 128 Å². The second kappa shape index (κ2) is 5.49. The van der Waals surface area contributed by atoms with Crippen LogP contribution in [0.25, 0.3) is 0 Å². The number of hydrogen-bond acceptors (Lipinski definition) is 2. The molecule has 1 aliphatic rings. The smallest absolute Gasteiger partial charge is 0.0553 e. The van der Waals surface area contributed by atoms with E-state index in [4.69, 9.17) is 0 Å². The lowest BCUT2D eigenvalue weighted by molar-refractivity contribution is 0.540. The number of nitrogens with one attached hydrogen (secondary N) is 1. The lowest BCUT2D eigenvalue weighted by atomic mass is 9.92. The number of rotatable bonds is 2. The first-order valence-electron chi connectivity index (χ1n) is 6.99. The number of fused-ring (bicyclic) bond motifs is 1. The number of para-hydroxylation sites is 1. The monoisotopic (exact) mass is 330 g/mol. The Morgan fingerprint density at radius 1 is 1.15 bits per heavy atom. The van der Waals surface area contributed by atoms with Crippen LogP contribution < -0.4 is 10.2 Å². The first-order valence-corrected chi connectivity index (χ1v) is 7.78. The second-order valence-corrected chi connectivity index (χ2v) is 6.38. The summed E-state index contributed by atoms with van der Waals surface area (Å²) in [5, 5.41) is 3.67. The maximum atomic E-state index is 3.67. The van der Waals surface area contributed by atoms with Crippen molar-refractivity contribution in [1.29, 1.82) is 0 Å². The number of hydrogen-bond donors (Lipinski definition) is 1. The van der Waals surface area contributed by atoms with Crippen molar-refractivity contribution in [2.75, 3.05) is 17.3 Å². The average Bonchev–Trinajstić information content (AvgIpc) is 2.45. The first-order chi connectivity index (χ1) is 9.65. The first kappa shape index (κ1) is 13.5. The fourth-order valence-corrected chi connectivity index (χ4v) is 3.20. The number of anilines is 2. The Balaban J connectivity index is 1.95. The van der Waals surface area contributed by atoms with E-state index >= 15 is 0 Å². The van der Waals surface area contributed by atoms with Crippen LogP contribution in [0, 0.1) is 0 Å². The van der Waals surface area contributed by atoms with Gasteiger partial charge >= 0.3 is 0 Å². The molecule has 0 aromatic heterocycles. The summed E-state index contributed by atoms with van der Waals surface area (Å²) in [6.07, 6.45) is 1.11. The number of halogens is 1. The Kier molecular flexibility index (Phi) is 3.70. The summed E-state index contributed by atoms with van der Waals surface area (Å²) < 4.78 is 1.13. The fraction of sp³-hybridized carbons (Fsp3) is 0.294. The van der Waals surface area contributed by atoms with Gasteiger partial charge in [-0.05, 0) is 43.2 Å². The van der Waals surface area contributed by atoms with Crippen molar-refractivity contribution in [3.8, 4) is 0 Å². The van der Waals surface area contributed by atoms with Crippen molar-refractivity contribution in [2.45, 2.75) is 25.4 Å². The summed E-state index contributed by atoms with van der Waals surface area (Å²) >= 11 is 3.58. The molecule has 0 radical (unpaired) electrons. The van der Waals surface area contributed by atoms with Gasteiger partial charge in [0.05, 0.1) is 6.04 Å². The maximum Gasteiger partial charge on any atom is 0.0553 e. The van der Waals surface area contributed by atoms with E-state index in [9.17, 15) is 0 Å². The van der Waals surface area contributed by atoms with Crippen LogP contribution in [0.5, 0.6) is 0 Å². The van der Waals surface area contributed by atoms with Gasteiger partial charge in [-0.25, -0.2) is 0 Å². The predicted octanol–water partition coefficient (Wildman–Crippen LogP) is 4.83. The van der Waals surface area contributed by atoms with Crippen LogP contribution in [-0.4, -0.2) is 13.1 Å². The van der Waals surface area contributed by atoms with E-state index in [1.165, 1.54) is 16.9 Å². The van der Waals surface area contributed by atoms with Crippen molar-refractivity contribution in [1.82, 2.24) is 0 Å². The molecule has 0 saturated carbocycles.